The first kappa shape index (κ1) is 20.5. The van der Waals surface area contributed by atoms with Crippen molar-refractivity contribution in [2.24, 2.45) is 0 Å². The van der Waals surface area contributed by atoms with E-state index >= 15 is 0 Å². The Balaban J connectivity index is 1.48. The van der Waals surface area contributed by atoms with Gasteiger partial charge < -0.3 is 10.6 Å². The summed E-state index contributed by atoms with van der Waals surface area (Å²) in [6, 6.07) is 20.1. The van der Waals surface area contributed by atoms with Gasteiger partial charge >= 0.3 is 0 Å². The molecule has 148 valence electrons. The van der Waals surface area contributed by atoms with E-state index in [0.717, 1.165) is 5.69 Å². The highest BCUT2D eigenvalue weighted by atomic mass is 32.2. The number of thioether (sulfide) groups is 1. The molecule has 0 aliphatic rings. The Kier molecular flexibility index (Phi) is 6.97. The molecule has 0 radical (unpaired) electrons. The maximum Gasteiger partial charge on any atom is 0.256 e. The van der Waals surface area contributed by atoms with Crippen LogP contribution < -0.4 is 10.6 Å². The Morgan fingerprint density at radius 1 is 0.897 bits per heavy atom. The molecule has 0 spiro atoms. The Labute approximate surface area is 174 Å². The average molecular weight is 407 g/mol. The van der Waals surface area contributed by atoms with Gasteiger partial charge in [0.1, 0.15) is 5.03 Å². The fraction of sp³-hybridized carbons (Fsp3) is 0.182. The van der Waals surface area contributed by atoms with E-state index in [1.54, 1.807) is 36.4 Å². The lowest BCUT2D eigenvalue weighted by molar-refractivity contribution is -0.113. The Bertz CT molecular complexity index is 958. The van der Waals surface area contributed by atoms with Gasteiger partial charge in [0.05, 0.1) is 5.75 Å². The number of amides is 2. The second kappa shape index (κ2) is 9.84. The summed E-state index contributed by atoms with van der Waals surface area (Å²) in [5, 5.41) is 14.2. The lowest BCUT2D eigenvalue weighted by Gasteiger charge is -2.08. The number of nitrogens with zero attached hydrogens (tertiary/aromatic N) is 2. The third-order valence-electron chi connectivity index (χ3n) is 4.13. The summed E-state index contributed by atoms with van der Waals surface area (Å²) in [6.45, 7) is 4.26. The van der Waals surface area contributed by atoms with E-state index in [9.17, 15) is 9.59 Å². The van der Waals surface area contributed by atoms with E-state index in [0.29, 0.717) is 22.3 Å². The minimum absolute atomic E-state index is 0.115. The Hall–Kier alpha value is -3.19. The maximum absolute atomic E-state index is 12.1. The average Bonchev–Trinajstić information content (AvgIpc) is 2.74. The monoisotopic (exact) mass is 406 g/mol. The molecule has 6 nitrogen and oxygen atoms in total. The van der Waals surface area contributed by atoms with Gasteiger partial charge in [0.25, 0.3) is 5.91 Å². The predicted molar refractivity (Wildman–Crippen MR) is 116 cm³/mol. The third-order valence-corrected chi connectivity index (χ3v) is 5.05. The number of anilines is 2. The Morgan fingerprint density at radius 3 is 2.24 bits per heavy atom. The van der Waals surface area contributed by atoms with Gasteiger partial charge in [-0.3, -0.25) is 9.59 Å². The number of hydrogen-bond acceptors (Lipinski definition) is 5. The van der Waals surface area contributed by atoms with Crippen LogP contribution in [0.15, 0.2) is 71.8 Å². The van der Waals surface area contributed by atoms with Gasteiger partial charge in [-0.1, -0.05) is 55.9 Å². The summed E-state index contributed by atoms with van der Waals surface area (Å²) in [5.41, 5.74) is 2.54. The molecule has 0 fully saturated rings. The molecule has 0 aliphatic carbocycles. The molecule has 0 unspecified atom stereocenters. The first-order valence-corrected chi connectivity index (χ1v) is 10.2. The number of carbonyl (C=O) groups excluding carboxylic acids is 2. The number of rotatable bonds is 7. The smallest absolute Gasteiger partial charge is 0.256 e. The predicted octanol–water partition coefficient (Wildman–Crippen LogP) is 4.58. The van der Waals surface area contributed by atoms with Crippen LogP contribution in [0.2, 0.25) is 0 Å². The minimum atomic E-state index is -0.247. The van der Waals surface area contributed by atoms with Gasteiger partial charge in [-0.15, -0.1) is 10.2 Å². The number of hydrogen-bond donors (Lipinski definition) is 2. The van der Waals surface area contributed by atoms with E-state index in [2.05, 4.69) is 34.7 Å². The van der Waals surface area contributed by atoms with Crippen LogP contribution in [0.4, 0.5) is 11.5 Å². The van der Waals surface area contributed by atoms with Gasteiger partial charge in [0.2, 0.25) is 5.91 Å². The molecule has 2 aromatic carbocycles. The molecular weight excluding hydrogens is 384 g/mol. The standard InChI is InChI=1S/C22H22N4O2S/c1-15(2)16-8-10-18(11-9-16)23-20(27)14-29-21-13-12-19(25-26-21)24-22(28)17-6-4-3-5-7-17/h3-13,15H,14H2,1-2H3,(H,23,27)(H,24,25,28). The van der Waals surface area contributed by atoms with Crippen molar-refractivity contribution in [3.8, 4) is 0 Å². The SMILES string of the molecule is CC(C)c1ccc(NC(=O)CSc2ccc(NC(=O)c3ccccc3)nn2)cc1. The Morgan fingerprint density at radius 2 is 1.62 bits per heavy atom. The maximum atomic E-state index is 12.1. The summed E-state index contributed by atoms with van der Waals surface area (Å²) < 4.78 is 0. The van der Waals surface area contributed by atoms with Gasteiger partial charge in [0, 0.05) is 11.3 Å². The lowest BCUT2D eigenvalue weighted by Crippen LogP contribution is -2.14. The largest absolute Gasteiger partial charge is 0.325 e. The van der Waals surface area contributed by atoms with Crippen LogP contribution in [0.1, 0.15) is 35.7 Å². The quantitative estimate of drug-likeness (QED) is 0.561. The molecule has 7 heteroatoms. The van der Waals surface area contributed by atoms with Crippen LogP contribution in [0.3, 0.4) is 0 Å². The summed E-state index contributed by atoms with van der Waals surface area (Å²) in [6.07, 6.45) is 0. The summed E-state index contributed by atoms with van der Waals surface area (Å²) in [4.78, 5) is 24.2. The molecule has 3 aromatic rings. The van der Waals surface area contributed by atoms with Crippen molar-refractivity contribution in [2.75, 3.05) is 16.4 Å². The van der Waals surface area contributed by atoms with Crippen LogP contribution in [0.25, 0.3) is 0 Å². The first-order valence-electron chi connectivity index (χ1n) is 9.24. The second-order valence-corrected chi connectivity index (χ2v) is 7.69. The van der Waals surface area contributed by atoms with Crippen molar-refractivity contribution in [3.63, 3.8) is 0 Å². The number of benzene rings is 2. The van der Waals surface area contributed by atoms with Gasteiger partial charge in [0.15, 0.2) is 5.82 Å². The van der Waals surface area contributed by atoms with Crippen molar-refractivity contribution in [1.82, 2.24) is 10.2 Å². The van der Waals surface area contributed by atoms with Crippen molar-refractivity contribution in [1.29, 1.82) is 0 Å². The minimum Gasteiger partial charge on any atom is -0.325 e. The van der Waals surface area contributed by atoms with Crippen LogP contribution in [-0.2, 0) is 4.79 Å². The summed E-state index contributed by atoms with van der Waals surface area (Å²) in [7, 11) is 0. The number of nitrogens with one attached hydrogen (secondary N) is 2. The van der Waals surface area contributed by atoms with Crippen molar-refractivity contribution < 1.29 is 9.59 Å². The highest BCUT2D eigenvalue weighted by Gasteiger charge is 2.08. The normalized spacial score (nSPS) is 10.6. The molecule has 1 heterocycles. The van der Waals surface area contributed by atoms with E-state index in [1.165, 1.54) is 17.3 Å². The topological polar surface area (TPSA) is 84.0 Å². The summed E-state index contributed by atoms with van der Waals surface area (Å²) in [5.74, 6) is 0.669. The molecule has 1 aromatic heterocycles. The molecule has 2 amide bonds. The van der Waals surface area contributed by atoms with E-state index in [-0.39, 0.29) is 17.6 Å². The zero-order valence-corrected chi connectivity index (χ0v) is 17.1. The molecule has 0 atom stereocenters. The highest BCUT2D eigenvalue weighted by molar-refractivity contribution is 7.99. The van der Waals surface area contributed by atoms with Crippen molar-refractivity contribution in [3.05, 3.63) is 77.9 Å². The van der Waals surface area contributed by atoms with Gasteiger partial charge in [-0.25, -0.2) is 0 Å². The van der Waals surface area contributed by atoms with E-state index in [1.807, 2.05) is 30.3 Å². The first-order chi connectivity index (χ1) is 14.0. The van der Waals surface area contributed by atoms with Crippen LogP contribution in [0.5, 0.6) is 0 Å². The van der Waals surface area contributed by atoms with Crippen molar-refractivity contribution in [2.45, 2.75) is 24.8 Å². The number of carbonyl (C=O) groups is 2. The van der Waals surface area contributed by atoms with Crippen molar-refractivity contribution >= 4 is 35.1 Å². The zero-order valence-electron chi connectivity index (χ0n) is 16.3. The molecular formula is C22H22N4O2S. The fourth-order valence-electron chi connectivity index (χ4n) is 2.53. The number of aromatic nitrogens is 2. The molecule has 0 saturated heterocycles. The molecule has 0 aliphatic heterocycles. The van der Waals surface area contributed by atoms with Gasteiger partial charge in [-0.2, -0.15) is 0 Å². The lowest BCUT2D eigenvalue weighted by atomic mass is 10.0. The molecule has 29 heavy (non-hydrogen) atoms. The third kappa shape index (κ3) is 6.15. The highest BCUT2D eigenvalue weighted by Crippen LogP contribution is 2.19. The van der Waals surface area contributed by atoms with Crippen LogP contribution in [-0.4, -0.2) is 27.8 Å². The van der Waals surface area contributed by atoms with E-state index < -0.39 is 0 Å². The zero-order chi connectivity index (χ0) is 20.6. The van der Waals surface area contributed by atoms with Crippen LogP contribution >= 0.6 is 11.8 Å². The fourth-order valence-corrected chi connectivity index (χ4v) is 3.14. The molecule has 0 bridgehead atoms. The summed E-state index contributed by atoms with van der Waals surface area (Å²) >= 11 is 1.28. The van der Waals surface area contributed by atoms with Gasteiger partial charge in [-0.05, 0) is 47.9 Å². The second-order valence-electron chi connectivity index (χ2n) is 6.69. The molecule has 0 saturated carbocycles. The molecule has 2 N–H and O–H groups in total. The van der Waals surface area contributed by atoms with E-state index in [4.69, 9.17) is 0 Å². The molecule has 3 rings (SSSR count). The van der Waals surface area contributed by atoms with Crippen LogP contribution in [0, 0.1) is 0 Å².